The lowest BCUT2D eigenvalue weighted by Gasteiger charge is -2.21. The van der Waals surface area contributed by atoms with Crippen LogP contribution >= 0.6 is 0 Å². The number of rotatable bonds is 4. The minimum atomic E-state index is -0.447. The van der Waals surface area contributed by atoms with Gasteiger partial charge < -0.3 is 9.88 Å². The molecule has 2 aromatic carbocycles. The molecule has 136 valence electrons. The molecule has 1 atom stereocenters. The number of nitrogens with one attached hydrogen (secondary N) is 1. The maximum atomic E-state index is 12.7. The van der Waals surface area contributed by atoms with E-state index in [0.717, 1.165) is 29.7 Å². The third-order valence-corrected chi connectivity index (χ3v) is 4.80. The Morgan fingerprint density at radius 2 is 2.00 bits per heavy atom. The van der Waals surface area contributed by atoms with Crippen molar-refractivity contribution in [2.24, 2.45) is 0 Å². The number of carbonyl (C=O) groups excluding carboxylic acids is 1. The van der Waals surface area contributed by atoms with Gasteiger partial charge in [0.2, 0.25) is 5.91 Å². The van der Waals surface area contributed by atoms with Crippen molar-refractivity contribution in [1.29, 1.82) is 0 Å². The number of fused-ring (bicyclic) bond motifs is 1. The van der Waals surface area contributed by atoms with Crippen molar-refractivity contribution < 1.29 is 9.72 Å². The number of hydrogen-bond donors (Lipinski definition) is 1. The summed E-state index contributed by atoms with van der Waals surface area (Å²) < 4.78 is 0. The van der Waals surface area contributed by atoms with Crippen LogP contribution in [0.5, 0.6) is 0 Å². The van der Waals surface area contributed by atoms with E-state index in [1.807, 2.05) is 24.3 Å². The predicted molar refractivity (Wildman–Crippen MR) is 102 cm³/mol. The second-order valence-corrected chi connectivity index (χ2v) is 6.48. The Labute approximate surface area is 155 Å². The van der Waals surface area contributed by atoms with Gasteiger partial charge in [-0.25, -0.2) is 4.98 Å². The highest BCUT2D eigenvalue weighted by atomic mass is 16.6. The number of nitro groups is 1. The number of benzene rings is 2. The first kappa shape index (κ1) is 17.0. The molecule has 0 bridgehead atoms. The number of nitro benzene ring substituents is 1. The molecular formula is C20H18N4O3. The topological polar surface area (TPSA) is 92.1 Å². The summed E-state index contributed by atoms with van der Waals surface area (Å²) >= 11 is 0. The summed E-state index contributed by atoms with van der Waals surface area (Å²) in [6, 6.07) is 14.0. The molecule has 1 amide bonds. The summed E-state index contributed by atoms with van der Waals surface area (Å²) in [6.45, 7) is 0.641. The number of hydrogen-bond acceptors (Lipinski definition) is 4. The van der Waals surface area contributed by atoms with E-state index in [0.29, 0.717) is 12.1 Å². The van der Waals surface area contributed by atoms with Crippen LogP contribution in [0, 0.1) is 10.1 Å². The number of H-pyrrole nitrogens is 1. The van der Waals surface area contributed by atoms with Gasteiger partial charge in [-0.15, -0.1) is 0 Å². The van der Waals surface area contributed by atoms with Crippen LogP contribution in [-0.2, 0) is 4.79 Å². The van der Waals surface area contributed by atoms with Gasteiger partial charge in [-0.3, -0.25) is 14.9 Å². The molecule has 7 heteroatoms. The molecule has 1 aliphatic rings. The van der Waals surface area contributed by atoms with Crippen molar-refractivity contribution in [3.8, 4) is 0 Å². The third kappa shape index (κ3) is 3.31. The molecule has 2 heterocycles. The fourth-order valence-corrected chi connectivity index (χ4v) is 3.50. The lowest BCUT2D eigenvalue weighted by atomic mass is 10.1. The Morgan fingerprint density at radius 3 is 2.81 bits per heavy atom. The van der Waals surface area contributed by atoms with E-state index in [2.05, 4.69) is 9.97 Å². The monoisotopic (exact) mass is 362 g/mol. The molecule has 1 aliphatic heterocycles. The van der Waals surface area contributed by atoms with Gasteiger partial charge in [0.25, 0.3) is 5.69 Å². The van der Waals surface area contributed by atoms with Gasteiger partial charge in [-0.05, 0) is 37.1 Å². The summed E-state index contributed by atoms with van der Waals surface area (Å²) in [5, 5.41) is 11.1. The number of likely N-dealkylation sites (tertiary alicyclic amines) is 1. The third-order valence-electron chi connectivity index (χ3n) is 4.80. The van der Waals surface area contributed by atoms with Crippen LogP contribution in [0.2, 0.25) is 0 Å². The smallest absolute Gasteiger partial charge is 0.276 e. The van der Waals surface area contributed by atoms with Crippen molar-refractivity contribution in [3.63, 3.8) is 0 Å². The fraction of sp³-hybridized carbons (Fsp3) is 0.200. The summed E-state index contributed by atoms with van der Waals surface area (Å²) in [5.41, 5.74) is 2.22. The highest BCUT2D eigenvalue weighted by Gasteiger charge is 2.31. The Balaban J connectivity index is 1.57. The van der Waals surface area contributed by atoms with Crippen molar-refractivity contribution in [2.45, 2.75) is 18.9 Å². The van der Waals surface area contributed by atoms with E-state index in [1.54, 1.807) is 23.1 Å². The molecule has 0 radical (unpaired) electrons. The van der Waals surface area contributed by atoms with Gasteiger partial charge in [0, 0.05) is 18.7 Å². The first-order valence-electron chi connectivity index (χ1n) is 8.80. The first-order chi connectivity index (χ1) is 13.1. The number of aromatic amines is 1. The molecule has 0 aliphatic carbocycles. The van der Waals surface area contributed by atoms with E-state index in [-0.39, 0.29) is 17.6 Å². The Kier molecular flexibility index (Phi) is 4.42. The second-order valence-electron chi connectivity index (χ2n) is 6.48. The van der Waals surface area contributed by atoms with E-state index in [1.165, 1.54) is 18.2 Å². The highest BCUT2D eigenvalue weighted by molar-refractivity contribution is 5.93. The summed E-state index contributed by atoms with van der Waals surface area (Å²) in [4.78, 5) is 33.1. The SMILES string of the molecule is O=C(/C=C/c1ccccc1[N+](=O)[O-])N1CCC[C@@H]1c1nc2ccccc2[nH]1. The van der Waals surface area contributed by atoms with Crippen molar-refractivity contribution in [2.75, 3.05) is 6.54 Å². The average Bonchev–Trinajstić information content (AvgIpc) is 3.32. The summed E-state index contributed by atoms with van der Waals surface area (Å²) in [6.07, 6.45) is 4.65. The maximum Gasteiger partial charge on any atom is 0.276 e. The van der Waals surface area contributed by atoms with Crippen LogP contribution in [0.25, 0.3) is 17.1 Å². The van der Waals surface area contributed by atoms with Crippen LogP contribution in [0.4, 0.5) is 5.69 Å². The molecule has 1 saturated heterocycles. The van der Waals surface area contributed by atoms with Crippen molar-refractivity contribution in [3.05, 3.63) is 76.1 Å². The van der Waals surface area contributed by atoms with Crippen molar-refractivity contribution in [1.82, 2.24) is 14.9 Å². The predicted octanol–water partition coefficient (Wildman–Crippen LogP) is 3.85. The van der Waals surface area contributed by atoms with E-state index >= 15 is 0 Å². The zero-order valence-corrected chi connectivity index (χ0v) is 14.5. The molecule has 0 spiro atoms. The Hall–Kier alpha value is -3.48. The van der Waals surface area contributed by atoms with Crippen LogP contribution < -0.4 is 0 Å². The molecular weight excluding hydrogens is 344 g/mol. The molecule has 1 N–H and O–H groups in total. The second kappa shape index (κ2) is 7.03. The standard InChI is InChI=1S/C20H18N4O3/c25-19(12-11-14-6-1-4-9-17(14)24(26)27)23-13-5-10-18(23)20-21-15-7-2-3-8-16(15)22-20/h1-4,6-9,11-12,18H,5,10,13H2,(H,21,22)/b12-11+/t18-/m1/s1. The number of carbonyl (C=O) groups is 1. The van der Waals surface area contributed by atoms with Crippen LogP contribution in [0.15, 0.2) is 54.6 Å². The van der Waals surface area contributed by atoms with Gasteiger partial charge in [0.1, 0.15) is 5.82 Å². The normalized spacial score (nSPS) is 17.0. The molecule has 3 aromatic rings. The average molecular weight is 362 g/mol. The Morgan fingerprint density at radius 1 is 1.22 bits per heavy atom. The number of para-hydroxylation sites is 3. The maximum absolute atomic E-state index is 12.7. The lowest BCUT2D eigenvalue weighted by Crippen LogP contribution is -2.29. The minimum absolute atomic E-state index is 0.0168. The molecule has 7 nitrogen and oxygen atoms in total. The molecule has 1 fully saturated rings. The highest BCUT2D eigenvalue weighted by Crippen LogP contribution is 2.31. The molecule has 27 heavy (non-hydrogen) atoms. The number of imidazole rings is 1. The Bertz CT molecular complexity index is 1010. The molecule has 1 aromatic heterocycles. The van der Waals surface area contributed by atoms with Gasteiger partial charge in [-0.1, -0.05) is 24.3 Å². The molecule has 4 rings (SSSR count). The van der Waals surface area contributed by atoms with E-state index in [4.69, 9.17) is 0 Å². The summed E-state index contributed by atoms with van der Waals surface area (Å²) in [5.74, 6) is 0.609. The van der Waals surface area contributed by atoms with Crippen molar-refractivity contribution >= 4 is 28.7 Å². The van der Waals surface area contributed by atoms with E-state index in [9.17, 15) is 14.9 Å². The number of aromatic nitrogens is 2. The van der Waals surface area contributed by atoms with E-state index < -0.39 is 4.92 Å². The summed E-state index contributed by atoms with van der Waals surface area (Å²) in [7, 11) is 0. The number of amides is 1. The van der Waals surface area contributed by atoms with Crippen LogP contribution in [0.1, 0.15) is 30.3 Å². The molecule has 0 unspecified atom stereocenters. The zero-order chi connectivity index (χ0) is 18.8. The van der Waals surface area contributed by atoms with Gasteiger partial charge in [0.05, 0.1) is 27.6 Å². The largest absolute Gasteiger partial charge is 0.340 e. The lowest BCUT2D eigenvalue weighted by molar-refractivity contribution is -0.385. The quantitative estimate of drug-likeness (QED) is 0.433. The molecule has 0 saturated carbocycles. The first-order valence-corrected chi connectivity index (χ1v) is 8.80. The van der Waals surface area contributed by atoms with Crippen LogP contribution in [0.3, 0.4) is 0 Å². The fourth-order valence-electron chi connectivity index (χ4n) is 3.50. The zero-order valence-electron chi connectivity index (χ0n) is 14.5. The van der Waals surface area contributed by atoms with Gasteiger partial charge in [0.15, 0.2) is 0 Å². The minimum Gasteiger partial charge on any atom is -0.340 e. The van der Waals surface area contributed by atoms with Gasteiger partial charge in [-0.2, -0.15) is 0 Å². The van der Waals surface area contributed by atoms with Gasteiger partial charge >= 0.3 is 0 Å². The van der Waals surface area contributed by atoms with Crippen LogP contribution in [-0.4, -0.2) is 32.2 Å². The number of nitrogens with zero attached hydrogens (tertiary/aromatic N) is 3.